The molecule has 0 aromatic carbocycles. The maximum atomic E-state index is 12.7. The summed E-state index contributed by atoms with van der Waals surface area (Å²) in [6, 6.07) is 1.94. The van der Waals surface area contributed by atoms with Crippen LogP contribution in [0, 0.1) is 0 Å². The lowest BCUT2D eigenvalue weighted by molar-refractivity contribution is 0.102. The van der Waals surface area contributed by atoms with Crippen LogP contribution in [0.15, 0.2) is 29.3 Å². The van der Waals surface area contributed by atoms with Gasteiger partial charge in [-0.25, -0.2) is 9.50 Å². The van der Waals surface area contributed by atoms with Crippen molar-refractivity contribution < 1.29 is 4.79 Å². The molecule has 1 saturated heterocycles. The third kappa shape index (κ3) is 3.29. The highest BCUT2D eigenvalue weighted by molar-refractivity contribution is 9.10. The summed E-state index contributed by atoms with van der Waals surface area (Å²) in [5, 5.41) is 14.6. The average molecular weight is 419 g/mol. The summed E-state index contributed by atoms with van der Waals surface area (Å²) in [5.74, 6) is 0.592. The molecule has 1 fully saturated rings. The molecule has 10 heteroatoms. The van der Waals surface area contributed by atoms with Crippen molar-refractivity contribution in [3.63, 3.8) is 0 Å². The van der Waals surface area contributed by atoms with Crippen molar-refractivity contribution >= 4 is 39.0 Å². The van der Waals surface area contributed by atoms with Gasteiger partial charge in [0.05, 0.1) is 11.9 Å². The number of amides is 1. The molecule has 1 amide bonds. The summed E-state index contributed by atoms with van der Waals surface area (Å²) < 4.78 is 3.82. The van der Waals surface area contributed by atoms with Gasteiger partial charge in [0.2, 0.25) is 0 Å². The molecule has 1 aliphatic heterocycles. The molecule has 1 aliphatic rings. The molecule has 4 rings (SSSR count). The van der Waals surface area contributed by atoms with E-state index in [4.69, 9.17) is 4.98 Å². The molecule has 2 N–H and O–H groups in total. The Bertz CT molecular complexity index is 941. The second-order valence-corrected chi connectivity index (χ2v) is 6.92. The zero-order chi connectivity index (χ0) is 18.1. The minimum absolute atomic E-state index is 0.268. The van der Waals surface area contributed by atoms with Crippen molar-refractivity contribution in [3.05, 3.63) is 34.8 Å². The fourth-order valence-corrected chi connectivity index (χ4v) is 3.46. The third-order valence-electron chi connectivity index (χ3n) is 4.30. The molecule has 4 heterocycles. The Kier molecular flexibility index (Phi) is 4.60. The largest absolute Gasteiger partial charge is 0.355 e. The van der Waals surface area contributed by atoms with Gasteiger partial charge in [-0.2, -0.15) is 10.2 Å². The fourth-order valence-electron chi connectivity index (χ4n) is 3.01. The Morgan fingerprint density at radius 2 is 2.23 bits per heavy atom. The van der Waals surface area contributed by atoms with Gasteiger partial charge in [0.15, 0.2) is 10.3 Å². The minimum Gasteiger partial charge on any atom is -0.355 e. The van der Waals surface area contributed by atoms with Crippen LogP contribution in [0.25, 0.3) is 5.65 Å². The first-order valence-corrected chi connectivity index (χ1v) is 9.21. The summed E-state index contributed by atoms with van der Waals surface area (Å²) in [6.07, 6.45) is 6.17. The SMILES string of the molecule is Cn1cc(NC(=O)c2cnn3ccc(N4CCCNCC4)nc23)c(Br)n1. The lowest BCUT2D eigenvalue weighted by Crippen LogP contribution is -2.28. The lowest BCUT2D eigenvalue weighted by atomic mass is 10.3. The van der Waals surface area contributed by atoms with Crippen LogP contribution in [0.3, 0.4) is 0 Å². The van der Waals surface area contributed by atoms with Crippen LogP contribution in [0.1, 0.15) is 16.8 Å². The fraction of sp³-hybridized carbons (Fsp3) is 0.375. The van der Waals surface area contributed by atoms with E-state index < -0.39 is 0 Å². The highest BCUT2D eigenvalue weighted by Crippen LogP contribution is 2.22. The molecule has 0 unspecified atom stereocenters. The highest BCUT2D eigenvalue weighted by Gasteiger charge is 2.18. The normalized spacial score (nSPS) is 15.2. The first kappa shape index (κ1) is 17.0. The number of halogens is 1. The monoisotopic (exact) mass is 418 g/mol. The van der Waals surface area contributed by atoms with E-state index in [0.29, 0.717) is 21.5 Å². The Hall–Kier alpha value is -2.46. The van der Waals surface area contributed by atoms with Crippen LogP contribution in [-0.2, 0) is 7.05 Å². The van der Waals surface area contributed by atoms with Gasteiger partial charge in [0.1, 0.15) is 11.4 Å². The van der Waals surface area contributed by atoms with Crippen molar-refractivity contribution in [2.45, 2.75) is 6.42 Å². The number of carbonyl (C=O) groups excluding carboxylic acids is 1. The second kappa shape index (κ2) is 7.04. The number of aromatic nitrogens is 5. The first-order chi connectivity index (χ1) is 12.6. The summed E-state index contributed by atoms with van der Waals surface area (Å²) >= 11 is 3.33. The van der Waals surface area contributed by atoms with E-state index in [9.17, 15) is 4.79 Å². The van der Waals surface area contributed by atoms with Crippen LogP contribution >= 0.6 is 15.9 Å². The van der Waals surface area contributed by atoms with Gasteiger partial charge in [-0.05, 0) is 35.0 Å². The number of aryl methyl sites for hydroxylation is 1. The van der Waals surface area contributed by atoms with Crippen molar-refractivity contribution in [2.24, 2.45) is 7.05 Å². The Balaban J connectivity index is 1.63. The Morgan fingerprint density at radius 3 is 3.04 bits per heavy atom. The smallest absolute Gasteiger partial charge is 0.261 e. The molecule has 3 aromatic rings. The molecule has 26 heavy (non-hydrogen) atoms. The van der Waals surface area contributed by atoms with Crippen LogP contribution in [0.4, 0.5) is 11.5 Å². The van der Waals surface area contributed by atoms with E-state index in [1.807, 2.05) is 12.3 Å². The van der Waals surface area contributed by atoms with Crippen molar-refractivity contribution in [2.75, 3.05) is 36.4 Å². The molecular weight excluding hydrogens is 400 g/mol. The van der Waals surface area contributed by atoms with Gasteiger partial charge in [-0.1, -0.05) is 0 Å². The summed E-state index contributed by atoms with van der Waals surface area (Å²) in [4.78, 5) is 19.6. The van der Waals surface area contributed by atoms with Gasteiger partial charge in [0, 0.05) is 39.1 Å². The van der Waals surface area contributed by atoms with E-state index in [0.717, 1.165) is 38.4 Å². The molecular formula is C16H19BrN8O. The number of carbonyl (C=O) groups is 1. The van der Waals surface area contributed by atoms with Gasteiger partial charge in [-0.3, -0.25) is 9.48 Å². The zero-order valence-electron chi connectivity index (χ0n) is 14.3. The van der Waals surface area contributed by atoms with Crippen LogP contribution in [0.2, 0.25) is 0 Å². The average Bonchev–Trinajstić information content (AvgIpc) is 3.05. The van der Waals surface area contributed by atoms with Gasteiger partial charge >= 0.3 is 0 Å². The Morgan fingerprint density at radius 1 is 1.35 bits per heavy atom. The summed E-state index contributed by atoms with van der Waals surface area (Å²) in [6.45, 7) is 3.77. The number of rotatable bonds is 3. The van der Waals surface area contributed by atoms with E-state index in [1.165, 1.54) is 6.20 Å². The third-order valence-corrected chi connectivity index (χ3v) is 4.88. The minimum atomic E-state index is -0.268. The number of hydrogen-bond acceptors (Lipinski definition) is 6. The molecule has 0 bridgehead atoms. The molecule has 0 spiro atoms. The quantitative estimate of drug-likeness (QED) is 0.665. The summed E-state index contributed by atoms with van der Waals surface area (Å²) in [5.41, 5.74) is 1.57. The molecule has 136 valence electrons. The molecule has 0 saturated carbocycles. The predicted octanol–water partition coefficient (Wildman–Crippen LogP) is 1.28. The van der Waals surface area contributed by atoms with E-state index in [2.05, 4.69) is 41.7 Å². The molecule has 0 atom stereocenters. The molecule has 0 radical (unpaired) electrons. The van der Waals surface area contributed by atoms with Crippen molar-refractivity contribution in [1.82, 2.24) is 29.7 Å². The molecule has 0 aliphatic carbocycles. The maximum absolute atomic E-state index is 12.7. The van der Waals surface area contributed by atoms with Crippen molar-refractivity contribution in [3.8, 4) is 0 Å². The van der Waals surface area contributed by atoms with Gasteiger partial charge in [-0.15, -0.1) is 0 Å². The van der Waals surface area contributed by atoms with Gasteiger partial charge in [0.25, 0.3) is 5.91 Å². The standard InChI is InChI=1S/C16H19BrN8O/c1-23-10-12(14(17)22-23)20-16(26)11-9-19-25-7-3-13(21-15(11)25)24-6-2-4-18-5-8-24/h3,7,9-10,18H,2,4-6,8H2,1H3,(H,20,26). The van der Waals surface area contributed by atoms with E-state index >= 15 is 0 Å². The number of anilines is 2. The molecule has 3 aromatic heterocycles. The summed E-state index contributed by atoms with van der Waals surface area (Å²) in [7, 11) is 1.79. The van der Waals surface area contributed by atoms with Crippen molar-refractivity contribution in [1.29, 1.82) is 0 Å². The first-order valence-electron chi connectivity index (χ1n) is 8.42. The van der Waals surface area contributed by atoms with Crippen LogP contribution in [0.5, 0.6) is 0 Å². The number of hydrogen-bond donors (Lipinski definition) is 2. The van der Waals surface area contributed by atoms with E-state index in [1.54, 1.807) is 22.4 Å². The van der Waals surface area contributed by atoms with E-state index in [-0.39, 0.29) is 5.91 Å². The maximum Gasteiger partial charge on any atom is 0.261 e. The highest BCUT2D eigenvalue weighted by atomic mass is 79.9. The zero-order valence-corrected chi connectivity index (χ0v) is 15.9. The number of nitrogens with one attached hydrogen (secondary N) is 2. The number of fused-ring (bicyclic) bond motifs is 1. The number of nitrogens with zero attached hydrogens (tertiary/aromatic N) is 6. The molecule has 9 nitrogen and oxygen atoms in total. The van der Waals surface area contributed by atoms with Gasteiger partial charge < -0.3 is 15.5 Å². The van der Waals surface area contributed by atoms with Crippen LogP contribution < -0.4 is 15.5 Å². The van der Waals surface area contributed by atoms with Crippen LogP contribution in [-0.4, -0.2) is 56.5 Å². The predicted molar refractivity (Wildman–Crippen MR) is 102 cm³/mol. The Labute approximate surface area is 158 Å². The topological polar surface area (TPSA) is 92.4 Å². The lowest BCUT2D eigenvalue weighted by Gasteiger charge is -2.20. The second-order valence-electron chi connectivity index (χ2n) is 6.16.